The highest BCUT2D eigenvalue weighted by atomic mass is 79.9. The Morgan fingerprint density at radius 1 is 1.09 bits per heavy atom. The van der Waals surface area contributed by atoms with E-state index in [0.29, 0.717) is 21.4 Å². The normalized spacial score (nSPS) is 15.1. The summed E-state index contributed by atoms with van der Waals surface area (Å²) in [7, 11) is 0. The molecular weight excluding hydrogens is 515 g/mol. The number of carbonyl (C=O) groups is 2. The van der Waals surface area contributed by atoms with Gasteiger partial charge in [-0.05, 0) is 56.2 Å². The number of ether oxygens (including phenoxy) is 1. The molecule has 2 aromatic carbocycles. The van der Waals surface area contributed by atoms with E-state index in [0.717, 1.165) is 30.2 Å². The van der Waals surface area contributed by atoms with Crippen LogP contribution in [-0.4, -0.2) is 35.4 Å². The molecule has 0 saturated heterocycles. The van der Waals surface area contributed by atoms with Gasteiger partial charge in [0.25, 0.3) is 5.91 Å². The van der Waals surface area contributed by atoms with E-state index >= 15 is 0 Å². The van der Waals surface area contributed by atoms with Crippen LogP contribution >= 0.6 is 39.1 Å². The van der Waals surface area contributed by atoms with Crippen LogP contribution in [0.15, 0.2) is 46.9 Å². The van der Waals surface area contributed by atoms with Crippen molar-refractivity contribution in [1.82, 2.24) is 10.2 Å². The zero-order valence-corrected chi connectivity index (χ0v) is 21.0. The van der Waals surface area contributed by atoms with Crippen LogP contribution in [-0.2, 0) is 16.1 Å². The maximum Gasteiger partial charge on any atom is 0.261 e. The van der Waals surface area contributed by atoms with Gasteiger partial charge in [-0.2, -0.15) is 0 Å². The zero-order chi connectivity index (χ0) is 23.1. The van der Waals surface area contributed by atoms with Crippen molar-refractivity contribution < 1.29 is 14.3 Å². The lowest BCUT2D eigenvalue weighted by molar-refractivity contribution is -0.142. The molecule has 0 bridgehead atoms. The SMILES string of the molecule is C[C@@H](C(=O)NC1CCCCC1)N(Cc1c(Cl)cccc1Cl)C(=O)COc1ccc(Br)cc1. The van der Waals surface area contributed by atoms with E-state index in [4.69, 9.17) is 27.9 Å². The Morgan fingerprint density at radius 3 is 2.34 bits per heavy atom. The monoisotopic (exact) mass is 540 g/mol. The average Bonchev–Trinajstić information content (AvgIpc) is 2.78. The van der Waals surface area contributed by atoms with Crippen LogP contribution in [0.1, 0.15) is 44.6 Å². The number of hydrogen-bond donors (Lipinski definition) is 1. The molecule has 172 valence electrons. The fraction of sp³-hybridized carbons (Fsp3) is 0.417. The maximum absolute atomic E-state index is 13.2. The summed E-state index contributed by atoms with van der Waals surface area (Å²) in [5.74, 6) is 0.0591. The summed E-state index contributed by atoms with van der Waals surface area (Å²) in [5, 5.41) is 4.00. The molecule has 0 heterocycles. The standard InChI is InChI=1S/C24H27BrCl2N2O3/c1-16(24(31)28-18-6-3-2-4-7-18)29(14-20-21(26)8-5-9-22(20)27)23(30)15-32-19-12-10-17(25)11-13-19/h5,8-13,16,18H,2-4,6-7,14-15H2,1H3,(H,28,31)/t16-/m0/s1. The fourth-order valence-corrected chi connectivity index (χ4v) is 4.55. The van der Waals surface area contributed by atoms with Crippen LogP contribution in [0.3, 0.4) is 0 Å². The van der Waals surface area contributed by atoms with Crippen molar-refractivity contribution in [2.75, 3.05) is 6.61 Å². The quantitative estimate of drug-likeness (QED) is 0.445. The fourth-order valence-electron chi connectivity index (χ4n) is 3.76. The van der Waals surface area contributed by atoms with Gasteiger partial charge in [-0.1, -0.05) is 64.5 Å². The molecule has 1 N–H and O–H groups in total. The molecule has 0 aliphatic heterocycles. The molecule has 8 heteroatoms. The van der Waals surface area contributed by atoms with Gasteiger partial charge >= 0.3 is 0 Å². The molecule has 5 nitrogen and oxygen atoms in total. The summed E-state index contributed by atoms with van der Waals surface area (Å²) in [6.07, 6.45) is 5.35. The summed E-state index contributed by atoms with van der Waals surface area (Å²) in [6, 6.07) is 11.8. The summed E-state index contributed by atoms with van der Waals surface area (Å²) >= 11 is 16.1. The van der Waals surface area contributed by atoms with E-state index in [1.54, 1.807) is 37.3 Å². The van der Waals surface area contributed by atoms with Crippen LogP contribution in [0.25, 0.3) is 0 Å². The van der Waals surface area contributed by atoms with E-state index in [1.165, 1.54) is 11.3 Å². The van der Waals surface area contributed by atoms with Crippen LogP contribution < -0.4 is 10.1 Å². The molecule has 0 unspecified atom stereocenters. The number of nitrogens with zero attached hydrogens (tertiary/aromatic N) is 1. The third-order valence-corrected chi connectivity index (χ3v) is 6.92. The number of benzene rings is 2. The van der Waals surface area contributed by atoms with Gasteiger partial charge in [-0.15, -0.1) is 0 Å². The summed E-state index contributed by atoms with van der Waals surface area (Å²) in [5.41, 5.74) is 0.602. The first kappa shape index (κ1) is 24.9. The number of nitrogens with one attached hydrogen (secondary N) is 1. The van der Waals surface area contributed by atoms with Gasteiger partial charge in [-0.25, -0.2) is 0 Å². The second kappa shape index (κ2) is 11.9. The molecule has 0 aromatic heterocycles. The lowest BCUT2D eigenvalue weighted by Crippen LogP contribution is -2.51. The summed E-state index contributed by atoms with van der Waals surface area (Å²) in [6.45, 7) is 1.63. The minimum Gasteiger partial charge on any atom is -0.484 e. The predicted octanol–water partition coefficient (Wildman–Crippen LogP) is 6.00. The second-order valence-electron chi connectivity index (χ2n) is 7.98. The average molecular weight is 542 g/mol. The Balaban J connectivity index is 1.75. The second-order valence-corrected chi connectivity index (χ2v) is 9.71. The predicted molar refractivity (Wildman–Crippen MR) is 131 cm³/mol. The Bertz CT molecular complexity index is 913. The molecule has 1 saturated carbocycles. The van der Waals surface area contributed by atoms with Crippen LogP contribution in [0.4, 0.5) is 0 Å². The van der Waals surface area contributed by atoms with Gasteiger partial charge < -0.3 is 15.0 Å². The highest BCUT2D eigenvalue weighted by Crippen LogP contribution is 2.27. The third kappa shape index (κ3) is 6.87. The smallest absolute Gasteiger partial charge is 0.261 e. The molecular formula is C24H27BrCl2N2O3. The lowest BCUT2D eigenvalue weighted by Gasteiger charge is -2.31. The zero-order valence-electron chi connectivity index (χ0n) is 18.0. The molecule has 1 aliphatic carbocycles. The first-order chi connectivity index (χ1) is 15.3. The van der Waals surface area contributed by atoms with E-state index in [1.807, 2.05) is 12.1 Å². The van der Waals surface area contributed by atoms with Crippen molar-refractivity contribution in [2.24, 2.45) is 0 Å². The topological polar surface area (TPSA) is 58.6 Å². The molecule has 1 atom stereocenters. The third-order valence-electron chi connectivity index (χ3n) is 5.68. The Morgan fingerprint density at radius 2 is 1.72 bits per heavy atom. The first-order valence-electron chi connectivity index (χ1n) is 10.8. The number of carbonyl (C=O) groups excluding carboxylic acids is 2. The summed E-state index contributed by atoms with van der Waals surface area (Å²) < 4.78 is 6.59. The maximum atomic E-state index is 13.2. The Kier molecular flexibility index (Phi) is 9.26. The van der Waals surface area contributed by atoms with E-state index in [9.17, 15) is 9.59 Å². The number of rotatable bonds is 8. The van der Waals surface area contributed by atoms with Crippen molar-refractivity contribution >= 4 is 50.9 Å². The van der Waals surface area contributed by atoms with Gasteiger partial charge in [0.2, 0.25) is 5.91 Å². The molecule has 32 heavy (non-hydrogen) atoms. The van der Waals surface area contributed by atoms with E-state index < -0.39 is 6.04 Å². The van der Waals surface area contributed by atoms with Gasteiger partial charge in [0, 0.05) is 32.7 Å². The number of amides is 2. The summed E-state index contributed by atoms with van der Waals surface area (Å²) in [4.78, 5) is 27.7. The van der Waals surface area contributed by atoms with Gasteiger partial charge in [0.15, 0.2) is 6.61 Å². The molecule has 0 spiro atoms. The highest BCUT2D eigenvalue weighted by Gasteiger charge is 2.29. The molecule has 2 amide bonds. The van der Waals surface area contributed by atoms with Crippen molar-refractivity contribution in [3.05, 3.63) is 62.5 Å². The minimum atomic E-state index is -0.703. The van der Waals surface area contributed by atoms with Crippen molar-refractivity contribution in [1.29, 1.82) is 0 Å². The van der Waals surface area contributed by atoms with Crippen LogP contribution in [0, 0.1) is 0 Å². The van der Waals surface area contributed by atoms with Crippen molar-refractivity contribution in [3.8, 4) is 5.75 Å². The van der Waals surface area contributed by atoms with Crippen molar-refractivity contribution in [2.45, 2.75) is 57.7 Å². The highest BCUT2D eigenvalue weighted by molar-refractivity contribution is 9.10. The van der Waals surface area contributed by atoms with Gasteiger partial charge in [0.05, 0.1) is 0 Å². The van der Waals surface area contributed by atoms with Crippen LogP contribution in [0.2, 0.25) is 10.0 Å². The largest absolute Gasteiger partial charge is 0.484 e. The Labute approximate surface area is 207 Å². The lowest BCUT2D eigenvalue weighted by atomic mass is 9.95. The van der Waals surface area contributed by atoms with E-state index in [-0.39, 0.29) is 31.0 Å². The molecule has 1 fully saturated rings. The molecule has 1 aliphatic rings. The van der Waals surface area contributed by atoms with Crippen molar-refractivity contribution in [3.63, 3.8) is 0 Å². The Hall–Kier alpha value is -1.76. The van der Waals surface area contributed by atoms with Crippen LogP contribution in [0.5, 0.6) is 5.75 Å². The van der Waals surface area contributed by atoms with Gasteiger partial charge in [0.1, 0.15) is 11.8 Å². The molecule has 2 aromatic rings. The minimum absolute atomic E-state index is 0.111. The number of halogens is 3. The van der Waals surface area contributed by atoms with E-state index in [2.05, 4.69) is 21.2 Å². The first-order valence-corrected chi connectivity index (χ1v) is 12.3. The molecule has 3 rings (SSSR count). The van der Waals surface area contributed by atoms with Gasteiger partial charge in [-0.3, -0.25) is 9.59 Å². The molecule has 0 radical (unpaired) electrons. The number of hydrogen-bond acceptors (Lipinski definition) is 3.